The van der Waals surface area contributed by atoms with Gasteiger partial charge in [0.25, 0.3) is 0 Å². The molecule has 0 aliphatic carbocycles. The quantitative estimate of drug-likeness (QED) is 0.917. The number of benzene rings is 1. The lowest BCUT2D eigenvalue weighted by molar-refractivity contribution is 0.0933. The molecule has 1 aliphatic rings. The standard InChI is InChI=1S/C15H19N3OS/c1-2-13-17-15(20-18-13)16-10-12-8-9-19-14(12)11-6-4-3-5-7-11/h3-7,12,14H,2,8-10H2,1H3,(H,16,17,18)/t12-,14-/m1/s1. The van der Waals surface area contributed by atoms with Crippen LogP contribution in [0, 0.1) is 5.92 Å². The van der Waals surface area contributed by atoms with Crippen LogP contribution in [0.15, 0.2) is 30.3 Å². The van der Waals surface area contributed by atoms with E-state index >= 15 is 0 Å². The van der Waals surface area contributed by atoms with E-state index in [9.17, 15) is 0 Å². The number of hydrogen-bond donors (Lipinski definition) is 1. The highest BCUT2D eigenvalue weighted by molar-refractivity contribution is 7.09. The van der Waals surface area contributed by atoms with Gasteiger partial charge in [0, 0.05) is 37.0 Å². The highest BCUT2D eigenvalue weighted by Gasteiger charge is 2.29. The first-order chi connectivity index (χ1) is 9.86. The molecule has 2 aromatic rings. The highest BCUT2D eigenvalue weighted by atomic mass is 32.1. The first-order valence-corrected chi connectivity index (χ1v) is 7.87. The van der Waals surface area contributed by atoms with Crippen LogP contribution in [0.25, 0.3) is 0 Å². The number of rotatable bonds is 5. The van der Waals surface area contributed by atoms with Gasteiger partial charge in [0.1, 0.15) is 5.82 Å². The van der Waals surface area contributed by atoms with Gasteiger partial charge in [0.05, 0.1) is 6.10 Å². The molecule has 1 saturated heterocycles. The second kappa shape index (κ2) is 6.33. The molecule has 5 heteroatoms. The Balaban J connectivity index is 1.61. The Morgan fingerprint density at radius 3 is 2.95 bits per heavy atom. The van der Waals surface area contributed by atoms with Crippen molar-refractivity contribution in [1.29, 1.82) is 0 Å². The van der Waals surface area contributed by atoms with Gasteiger partial charge in [-0.3, -0.25) is 0 Å². The Bertz CT molecular complexity index is 543. The Morgan fingerprint density at radius 2 is 2.20 bits per heavy atom. The fourth-order valence-electron chi connectivity index (χ4n) is 2.54. The molecule has 20 heavy (non-hydrogen) atoms. The summed E-state index contributed by atoms with van der Waals surface area (Å²) in [5.74, 6) is 1.41. The molecule has 3 rings (SSSR count). The van der Waals surface area contributed by atoms with Gasteiger partial charge in [-0.1, -0.05) is 37.3 Å². The third kappa shape index (κ3) is 2.99. The number of nitrogens with zero attached hydrogens (tertiary/aromatic N) is 2. The van der Waals surface area contributed by atoms with Crippen LogP contribution < -0.4 is 5.32 Å². The predicted molar refractivity (Wildman–Crippen MR) is 81.0 cm³/mol. The fourth-order valence-corrected chi connectivity index (χ4v) is 3.20. The number of aryl methyl sites for hydroxylation is 1. The van der Waals surface area contributed by atoms with E-state index in [-0.39, 0.29) is 6.10 Å². The molecule has 1 aromatic heterocycles. The number of hydrogen-bond acceptors (Lipinski definition) is 5. The maximum absolute atomic E-state index is 5.89. The Hall–Kier alpha value is -1.46. The molecule has 0 radical (unpaired) electrons. The third-order valence-corrected chi connectivity index (χ3v) is 4.35. The summed E-state index contributed by atoms with van der Waals surface area (Å²) in [6.45, 7) is 3.79. The fraction of sp³-hybridized carbons (Fsp3) is 0.467. The zero-order chi connectivity index (χ0) is 13.8. The van der Waals surface area contributed by atoms with E-state index in [0.717, 1.165) is 36.9 Å². The second-order valence-electron chi connectivity index (χ2n) is 5.00. The SMILES string of the molecule is CCc1nsc(NC[C@H]2CCO[C@@H]2c2ccccc2)n1. The molecule has 106 valence electrons. The zero-order valence-corrected chi connectivity index (χ0v) is 12.4. The van der Waals surface area contributed by atoms with Crippen molar-refractivity contribution in [3.8, 4) is 0 Å². The zero-order valence-electron chi connectivity index (χ0n) is 11.6. The summed E-state index contributed by atoms with van der Waals surface area (Å²) in [5.41, 5.74) is 1.27. The Morgan fingerprint density at radius 1 is 1.35 bits per heavy atom. The maximum Gasteiger partial charge on any atom is 0.202 e. The van der Waals surface area contributed by atoms with Gasteiger partial charge in [-0.05, 0) is 12.0 Å². The van der Waals surface area contributed by atoms with Crippen molar-refractivity contribution in [2.75, 3.05) is 18.5 Å². The van der Waals surface area contributed by atoms with Gasteiger partial charge in [-0.15, -0.1) is 0 Å². The van der Waals surface area contributed by atoms with E-state index in [2.05, 4.69) is 45.9 Å². The lowest BCUT2D eigenvalue weighted by Crippen LogP contribution is -2.17. The molecule has 0 amide bonds. The first kappa shape index (κ1) is 13.5. The summed E-state index contributed by atoms with van der Waals surface area (Å²) in [7, 11) is 0. The normalized spacial score (nSPS) is 22.1. The molecule has 0 saturated carbocycles. The molecule has 0 bridgehead atoms. The van der Waals surface area contributed by atoms with E-state index in [1.165, 1.54) is 17.1 Å². The predicted octanol–water partition coefficient (Wildman–Crippen LogP) is 3.29. The van der Waals surface area contributed by atoms with Gasteiger partial charge in [-0.2, -0.15) is 4.37 Å². The van der Waals surface area contributed by atoms with Crippen molar-refractivity contribution < 1.29 is 4.74 Å². The van der Waals surface area contributed by atoms with Crippen molar-refractivity contribution in [3.63, 3.8) is 0 Å². The molecular weight excluding hydrogens is 270 g/mol. The van der Waals surface area contributed by atoms with E-state index in [1.807, 2.05) is 6.07 Å². The first-order valence-electron chi connectivity index (χ1n) is 7.10. The molecule has 1 aliphatic heterocycles. The third-order valence-electron chi connectivity index (χ3n) is 3.64. The number of aromatic nitrogens is 2. The van der Waals surface area contributed by atoms with Gasteiger partial charge < -0.3 is 10.1 Å². The number of nitrogens with one attached hydrogen (secondary N) is 1. The van der Waals surface area contributed by atoms with Gasteiger partial charge in [0.2, 0.25) is 5.13 Å². The van der Waals surface area contributed by atoms with Crippen molar-refractivity contribution in [2.24, 2.45) is 5.92 Å². The molecule has 1 aromatic carbocycles. The molecule has 4 nitrogen and oxygen atoms in total. The van der Waals surface area contributed by atoms with Crippen LogP contribution in [0.2, 0.25) is 0 Å². The molecule has 1 N–H and O–H groups in total. The minimum absolute atomic E-state index is 0.197. The topological polar surface area (TPSA) is 47.0 Å². The monoisotopic (exact) mass is 289 g/mol. The largest absolute Gasteiger partial charge is 0.373 e. The van der Waals surface area contributed by atoms with Crippen molar-refractivity contribution in [3.05, 3.63) is 41.7 Å². The average Bonchev–Trinajstić information content (AvgIpc) is 3.15. The van der Waals surface area contributed by atoms with Gasteiger partial charge in [-0.25, -0.2) is 4.98 Å². The molecule has 0 spiro atoms. The van der Waals surface area contributed by atoms with Gasteiger partial charge >= 0.3 is 0 Å². The second-order valence-corrected chi connectivity index (χ2v) is 5.75. The van der Waals surface area contributed by atoms with Crippen molar-refractivity contribution >= 4 is 16.7 Å². The lowest BCUT2D eigenvalue weighted by atomic mass is 9.95. The average molecular weight is 289 g/mol. The van der Waals surface area contributed by atoms with Crippen molar-refractivity contribution in [1.82, 2.24) is 9.36 Å². The Kier molecular flexibility index (Phi) is 4.28. The minimum atomic E-state index is 0.197. The maximum atomic E-state index is 5.89. The number of ether oxygens (including phenoxy) is 1. The van der Waals surface area contributed by atoms with Crippen LogP contribution in [0.1, 0.15) is 30.8 Å². The molecule has 0 unspecified atom stereocenters. The number of anilines is 1. The van der Waals surface area contributed by atoms with E-state index in [0.29, 0.717) is 5.92 Å². The van der Waals surface area contributed by atoms with Crippen LogP contribution in [0.4, 0.5) is 5.13 Å². The van der Waals surface area contributed by atoms with Crippen LogP contribution in [-0.4, -0.2) is 22.5 Å². The smallest absolute Gasteiger partial charge is 0.202 e. The molecule has 2 atom stereocenters. The van der Waals surface area contributed by atoms with E-state index in [4.69, 9.17) is 4.74 Å². The van der Waals surface area contributed by atoms with Crippen molar-refractivity contribution in [2.45, 2.75) is 25.9 Å². The molecular formula is C15H19N3OS. The molecule has 1 fully saturated rings. The summed E-state index contributed by atoms with van der Waals surface area (Å²) in [4.78, 5) is 4.44. The summed E-state index contributed by atoms with van der Waals surface area (Å²) < 4.78 is 10.2. The molecule has 2 heterocycles. The summed E-state index contributed by atoms with van der Waals surface area (Å²) in [6.07, 6.45) is 2.17. The van der Waals surface area contributed by atoms with Crippen LogP contribution >= 0.6 is 11.5 Å². The Labute approximate surface area is 123 Å². The van der Waals surface area contributed by atoms with Crippen LogP contribution in [-0.2, 0) is 11.2 Å². The minimum Gasteiger partial charge on any atom is -0.373 e. The highest BCUT2D eigenvalue weighted by Crippen LogP contribution is 2.34. The van der Waals surface area contributed by atoms with Crippen LogP contribution in [0.5, 0.6) is 0 Å². The van der Waals surface area contributed by atoms with E-state index < -0.39 is 0 Å². The summed E-state index contributed by atoms with van der Waals surface area (Å²) >= 11 is 1.44. The lowest BCUT2D eigenvalue weighted by Gasteiger charge is -2.19. The summed E-state index contributed by atoms with van der Waals surface area (Å²) in [5, 5.41) is 4.32. The summed E-state index contributed by atoms with van der Waals surface area (Å²) in [6, 6.07) is 10.5. The van der Waals surface area contributed by atoms with Gasteiger partial charge in [0.15, 0.2) is 0 Å². The van der Waals surface area contributed by atoms with Crippen LogP contribution in [0.3, 0.4) is 0 Å². The van der Waals surface area contributed by atoms with E-state index in [1.54, 1.807) is 0 Å².